The Morgan fingerprint density at radius 3 is 2.48 bits per heavy atom. The van der Waals surface area contributed by atoms with Crippen LogP contribution in [-0.2, 0) is 10.0 Å². The number of anilines is 1. The Morgan fingerprint density at radius 1 is 1.33 bits per heavy atom. The zero-order chi connectivity index (χ0) is 15.6. The number of nitrogens with two attached hydrogens (primary N) is 1. The van der Waals surface area contributed by atoms with E-state index in [4.69, 9.17) is 5.73 Å². The van der Waals surface area contributed by atoms with Gasteiger partial charge in [0.05, 0.1) is 5.69 Å². The number of hydrogen-bond donors (Lipinski definition) is 1. The molecule has 0 aliphatic carbocycles. The molecule has 0 radical (unpaired) electrons. The van der Waals surface area contributed by atoms with Crippen molar-refractivity contribution < 1.29 is 8.42 Å². The summed E-state index contributed by atoms with van der Waals surface area (Å²) < 4.78 is 27.7. The van der Waals surface area contributed by atoms with Crippen molar-refractivity contribution in [1.29, 1.82) is 0 Å². The van der Waals surface area contributed by atoms with Crippen molar-refractivity contribution in [2.45, 2.75) is 17.7 Å². The Hall–Kier alpha value is -0.630. The summed E-state index contributed by atoms with van der Waals surface area (Å²) in [6.45, 7) is 2.14. The van der Waals surface area contributed by atoms with Crippen LogP contribution < -0.4 is 5.73 Å². The Balaban J connectivity index is 2.11. The Morgan fingerprint density at radius 2 is 1.95 bits per heavy atom. The molecule has 2 N–H and O–H groups in total. The first-order valence-corrected chi connectivity index (χ1v) is 9.24. The predicted octanol–water partition coefficient (Wildman–Crippen LogP) is 1.99. The zero-order valence-corrected chi connectivity index (χ0v) is 14.8. The minimum Gasteiger partial charge on any atom is -0.398 e. The lowest BCUT2D eigenvalue weighted by Crippen LogP contribution is -2.40. The number of nitrogens with zero attached hydrogens (tertiary/aromatic N) is 2. The van der Waals surface area contributed by atoms with Crippen molar-refractivity contribution in [3.8, 4) is 0 Å². The number of nitrogen functional groups attached to an aromatic ring is 1. The van der Waals surface area contributed by atoms with Crippen molar-refractivity contribution in [1.82, 2.24) is 9.21 Å². The van der Waals surface area contributed by atoms with E-state index < -0.39 is 10.0 Å². The molecular formula is C14H22BrN3O2S. The van der Waals surface area contributed by atoms with Gasteiger partial charge in [-0.1, -0.05) is 15.9 Å². The second-order valence-electron chi connectivity index (χ2n) is 5.79. The Labute approximate surface area is 135 Å². The Bertz CT molecular complexity index is 596. The van der Waals surface area contributed by atoms with Crippen molar-refractivity contribution in [2.75, 3.05) is 39.5 Å². The largest absolute Gasteiger partial charge is 0.398 e. The number of rotatable bonds is 4. The zero-order valence-electron chi connectivity index (χ0n) is 12.4. The molecule has 2 rings (SSSR count). The third kappa shape index (κ3) is 3.97. The summed E-state index contributed by atoms with van der Waals surface area (Å²) in [5, 5.41) is 0. The van der Waals surface area contributed by atoms with Crippen LogP contribution in [0, 0.1) is 5.92 Å². The van der Waals surface area contributed by atoms with Crippen molar-refractivity contribution in [2.24, 2.45) is 5.92 Å². The van der Waals surface area contributed by atoms with Crippen LogP contribution in [0.4, 0.5) is 5.69 Å². The molecule has 5 nitrogen and oxygen atoms in total. The highest BCUT2D eigenvalue weighted by molar-refractivity contribution is 9.10. The summed E-state index contributed by atoms with van der Waals surface area (Å²) in [5.41, 5.74) is 6.16. The van der Waals surface area contributed by atoms with Gasteiger partial charge in [-0.25, -0.2) is 8.42 Å². The van der Waals surface area contributed by atoms with E-state index in [0.717, 1.165) is 23.9 Å². The second kappa shape index (κ2) is 6.64. The van der Waals surface area contributed by atoms with Gasteiger partial charge in [0.15, 0.2) is 0 Å². The standard InChI is InChI=1S/C14H22BrN3O2S/c1-17(2)10-11-5-7-18(8-6-11)21(19,20)14-4-3-12(15)9-13(14)16/h3-4,9,11H,5-8,10,16H2,1-2H3. The van der Waals surface area contributed by atoms with Gasteiger partial charge in [0, 0.05) is 24.1 Å². The van der Waals surface area contributed by atoms with E-state index in [9.17, 15) is 8.42 Å². The van der Waals surface area contributed by atoms with Crippen LogP contribution in [0.3, 0.4) is 0 Å². The summed E-state index contributed by atoms with van der Waals surface area (Å²) in [7, 11) is 0.607. The highest BCUT2D eigenvalue weighted by Gasteiger charge is 2.30. The van der Waals surface area contributed by atoms with Crippen LogP contribution in [0.2, 0.25) is 0 Å². The minimum absolute atomic E-state index is 0.205. The molecule has 0 atom stereocenters. The van der Waals surface area contributed by atoms with Gasteiger partial charge in [-0.3, -0.25) is 0 Å². The smallest absolute Gasteiger partial charge is 0.245 e. The Kier molecular flexibility index (Phi) is 5.29. The first-order chi connectivity index (χ1) is 9.80. The minimum atomic E-state index is -3.49. The topological polar surface area (TPSA) is 66.6 Å². The second-order valence-corrected chi connectivity index (χ2v) is 8.61. The third-order valence-corrected chi connectivity index (χ3v) is 6.25. The number of piperidine rings is 1. The molecular weight excluding hydrogens is 354 g/mol. The summed E-state index contributed by atoms with van der Waals surface area (Å²) >= 11 is 3.30. The normalized spacial score (nSPS) is 18.3. The van der Waals surface area contributed by atoms with E-state index in [2.05, 4.69) is 20.8 Å². The highest BCUT2D eigenvalue weighted by Crippen LogP contribution is 2.28. The summed E-state index contributed by atoms with van der Waals surface area (Å²) in [4.78, 5) is 2.36. The predicted molar refractivity (Wildman–Crippen MR) is 88.6 cm³/mol. The van der Waals surface area contributed by atoms with Gasteiger partial charge in [0.2, 0.25) is 10.0 Å². The average Bonchev–Trinajstić information content (AvgIpc) is 2.38. The van der Waals surface area contributed by atoms with Crippen LogP contribution in [0.15, 0.2) is 27.6 Å². The molecule has 0 unspecified atom stereocenters. The maximum absolute atomic E-state index is 12.7. The molecule has 1 heterocycles. The van der Waals surface area contributed by atoms with Crippen LogP contribution in [-0.4, -0.2) is 51.4 Å². The van der Waals surface area contributed by atoms with E-state index in [1.54, 1.807) is 22.5 Å². The SMILES string of the molecule is CN(C)CC1CCN(S(=O)(=O)c2ccc(Br)cc2N)CC1. The fourth-order valence-corrected chi connectivity index (χ4v) is 4.69. The molecule has 1 aliphatic heterocycles. The molecule has 1 fully saturated rings. The lowest BCUT2D eigenvalue weighted by molar-refractivity contribution is 0.225. The van der Waals surface area contributed by atoms with E-state index in [-0.39, 0.29) is 4.90 Å². The van der Waals surface area contributed by atoms with Gasteiger partial charge in [0.25, 0.3) is 0 Å². The first-order valence-electron chi connectivity index (χ1n) is 7.00. The third-order valence-electron chi connectivity index (χ3n) is 3.79. The van der Waals surface area contributed by atoms with E-state index in [1.165, 1.54) is 0 Å². The average molecular weight is 376 g/mol. The fraction of sp³-hybridized carbons (Fsp3) is 0.571. The van der Waals surface area contributed by atoms with Crippen molar-refractivity contribution >= 4 is 31.6 Å². The van der Waals surface area contributed by atoms with E-state index >= 15 is 0 Å². The van der Waals surface area contributed by atoms with Gasteiger partial charge in [-0.2, -0.15) is 4.31 Å². The number of benzene rings is 1. The van der Waals surface area contributed by atoms with Crippen LogP contribution in [0.5, 0.6) is 0 Å². The molecule has 0 bridgehead atoms. The van der Waals surface area contributed by atoms with Gasteiger partial charge in [0.1, 0.15) is 4.90 Å². The number of sulfonamides is 1. The maximum atomic E-state index is 12.7. The van der Waals surface area contributed by atoms with Gasteiger partial charge < -0.3 is 10.6 Å². The summed E-state index contributed by atoms with van der Waals surface area (Å²) in [5.74, 6) is 0.564. The van der Waals surface area contributed by atoms with Crippen LogP contribution in [0.25, 0.3) is 0 Å². The summed E-state index contributed by atoms with van der Waals surface area (Å²) in [6.07, 6.45) is 1.79. The van der Waals surface area contributed by atoms with E-state index in [0.29, 0.717) is 24.7 Å². The lowest BCUT2D eigenvalue weighted by Gasteiger charge is -2.32. The molecule has 0 saturated carbocycles. The monoisotopic (exact) mass is 375 g/mol. The van der Waals surface area contributed by atoms with Crippen molar-refractivity contribution in [3.05, 3.63) is 22.7 Å². The quantitative estimate of drug-likeness (QED) is 0.817. The molecule has 0 amide bonds. The molecule has 0 spiro atoms. The molecule has 118 valence electrons. The van der Waals surface area contributed by atoms with Gasteiger partial charge in [-0.05, 0) is 51.1 Å². The molecule has 1 aliphatic rings. The molecule has 1 saturated heterocycles. The first kappa shape index (κ1) is 16.7. The number of halogens is 1. The fourth-order valence-electron chi connectivity index (χ4n) is 2.74. The molecule has 1 aromatic rings. The molecule has 21 heavy (non-hydrogen) atoms. The van der Waals surface area contributed by atoms with Gasteiger partial charge in [-0.15, -0.1) is 0 Å². The van der Waals surface area contributed by atoms with Crippen LogP contribution in [0.1, 0.15) is 12.8 Å². The van der Waals surface area contributed by atoms with Gasteiger partial charge >= 0.3 is 0 Å². The molecule has 7 heteroatoms. The van der Waals surface area contributed by atoms with Crippen LogP contribution >= 0.6 is 15.9 Å². The highest BCUT2D eigenvalue weighted by atomic mass is 79.9. The molecule has 0 aromatic heterocycles. The van der Waals surface area contributed by atoms with E-state index in [1.807, 2.05) is 14.1 Å². The van der Waals surface area contributed by atoms with Crippen molar-refractivity contribution in [3.63, 3.8) is 0 Å². The summed E-state index contributed by atoms with van der Waals surface area (Å²) in [6, 6.07) is 4.91. The number of hydrogen-bond acceptors (Lipinski definition) is 4. The molecule has 1 aromatic carbocycles. The lowest BCUT2D eigenvalue weighted by atomic mass is 9.98. The maximum Gasteiger partial charge on any atom is 0.245 e.